The predicted molar refractivity (Wildman–Crippen MR) is 82.9 cm³/mol. The van der Waals surface area contributed by atoms with E-state index in [0.717, 1.165) is 0 Å². The Morgan fingerprint density at radius 3 is 2.70 bits per heavy atom. The number of aromatic nitrogens is 2. The molecule has 0 radical (unpaired) electrons. The van der Waals surface area contributed by atoms with E-state index in [1.165, 1.54) is 25.3 Å². The van der Waals surface area contributed by atoms with Crippen molar-refractivity contribution >= 4 is 5.97 Å². The minimum Gasteiger partial charge on any atom is -0.496 e. The third-order valence-electron chi connectivity index (χ3n) is 3.47. The molecule has 3 rings (SSSR count). The summed E-state index contributed by atoms with van der Waals surface area (Å²) in [5, 5.41) is 16.3. The Hall–Kier alpha value is -3.15. The largest absolute Gasteiger partial charge is 0.496 e. The van der Waals surface area contributed by atoms with Crippen LogP contribution in [-0.4, -0.2) is 28.4 Å². The lowest BCUT2D eigenvalue weighted by Gasteiger charge is -2.06. The summed E-state index contributed by atoms with van der Waals surface area (Å²) in [6.07, 6.45) is 0. The van der Waals surface area contributed by atoms with Gasteiger partial charge in [-0.3, -0.25) is 5.10 Å². The second kappa shape index (κ2) is 5.92. The van der Waals surface area contributed by atoms with E-state index in [4.69, 9.17) is 4.74 Å². The molecule has 6 heteroatoms. The summed E-state index contributed by atoms with van der Waals surface area (Å²) in [5.74, 6) is -1.06. The number of halogens is 1. The van der Waals surface area contributed by atoms with E-state index in [1.807, 2.05) is 0 Å². The molecule has 5 nitrogen and oxygen atoms in total. The first-order valence-corrected chi connectivity index (χ1v) is 6.82. The van der Waals surface area contributed by atoms with Gasteiger partial charge >= 0.3 is 5.97 Å². The van der Waals surface area contributed by atoms with Crippen LogP contribution in [0.3, 0.4) is 0 Å². The molecule has 116 valence electrons. The molecule has 1 heterocycles. The van der Waals surface area contributed by atoms with E-state index in [9.17, 15) is 14.3 Å². The molecule has 0 fully saturated rings. The monoisotopic (exact) mass is 312 g/mol. The van der Waals surface area contributed by atoms with Gasteiger partial charge in [0.15, 0.2) is 0 Å². The quantitative estimate of drug-likeness (QED) is 0.772. The highest BCUT2D eigenvalue weighted by molar-refractivity contribution is 5.95. The lowest BCUT2D eigenvalue weighted by atomic mass is 10.0. The van der Waals surface area contributed by atoms with Crippen LogP contribution in [0.5, 0.6) is 5.75 Å². The van der Waals surface area contributed by atoms with Crippen molar-refractivity contribution in [3.63, 3.8) is 0 Å². The van der Waals surface area contributed by atoms with E-state index < -0.39 is 11.8 Å². The molecule has 23 heavy (non-hydrogen) atoms. The molecule has 0 aliphatic heterocycles. The van der Waals surface area contributed by atoms with Crippen LogP contribution in [0.15, 0.2) is 48.5 Å². The summed E-state index contributed by atoms with van der Waals surface area (Å²) in [6.45, 7) is 0. The third-order valence-corrected chi connectivity index (χ3v) is 3.47. The standard InChI is InChI=1S/C17H13FN2O3/c1-23-16-8-10(18)6-7-13(16)15-9-14(19-20-15)11-4-2-3-5-12(11)17(21)22/h2-9H,1H3,(H,19,20)(H,21,22). The third kappa shape index (κ3) is 2.78. The van der Waals surface area contributed by atoms with Crippen LogP contribution in [0.1, 0.15) is 10.4 Å². The molecule has 0 aliphatic carbocycles. The number of hydrogen-bond donors (Lipinski definition) is 2. The number of nitrogens with one attached hydrogen (secondary N) is 1. The van der Waals surface area contributed by atoms with E-state index >= 15 is 0 Å². The van der Waals surface area contributed by atoms with Crippen molar-refractivity contribution in [2.24, 2.45) is 0 Å². The normalized spacial score (nSPS) is 10.5. The molecule has 0 aliphatic rings. The number of hydrogen-bond acceptors (Lipinski definition) is 3. The fraction of sp³-hybridized carbons (Fsp3) is 0.0588. The van der Waals surface area contributed by atoms with Crippen LogP contribution in [-0.2, 0) is 0 Å². The average molecular weight is 312 g/mol. The van der Waals surface area contributed by atoms with Crippen molar-refractivity contribution in [1.82, 2.24) is 10.2 Å². The minimum atomic E-state index is -1.02. The summed E-state index contributed by atoms with van der Waals surface area (Å²) in [4.78, 5) is 11.3. The Morgan fingerprint density at radius 2 is 1.96 bits per heavy atom. The van der Waals surface area contributed by atoms with Gasteiger partial charge in [0.2, 0.25) is 0 Å². The van der Waals surface area contributed by atoms with Gasteiger partial charge in [-0.15, -0.1) is 0 Å². The number of benzene rings is 2. The molecule has 3 aromatic rings. The number of aromatic carboxylic acids is 1. The first-order valence-electron chi connectivity index (χ1n) is 6.82. The molecular formula is C17H13FN2O3. The number of carbonyl (C=O) groups is 1. The zero-order valence-electron chi connectivity index (χ0n) is 12.2. The first kappa shape index (κ1) is 14.8. The molecule has 2 N–H and O–H groups in total. The number of H-pyrrole nitrogens is 1. The summed E-state index contributed by atoms with van der Waals surface area (Å²) < 4.78 is 18.5. The predicted octanol–water partition coefficient (Wildman–Crippen LogP) is 3.59. The Morgan fingerprint density at radius 1 is 1.17 bits per heavy atom. The Balaban J connectivity index is 2.07. The van der Waals surface area contributed by atoms with Gasteiger partial charge in [-0.1, -0.05) is 18.2 Å². The Labute approximate surface area is 131 Å². The van der Waals surface area contributed by atoms with Gasteiger partial charge in [-0.05, 0) is 24.3 Å². The van der Waals surface area contributed by atoms with Crippen molar-refractivity contribution in [2.45, 2.75) is 0 Å². The molecular weight excluding hydrogens is 299 g/mol. The van der Waals surface area contributed by atoms with E-state index in [2.05, 4.69) is 10.2 Å². The van der Waals surface area contributed by atoms with Crippen molar-refractivity contribution in [1.29, 1.82) is 0 Å². The van der Waals surface area contributed by atoms with Crippen LogP contribution in [0.25, 0.3) is 22.5 Å². The van der Waals surface area contributed by atoms with Gasteiger partial charge in [0.1, 0.15) is 11.6 Å². The van der Waals surface area contributed by atoms with Crippen LogP contribution in [0.4, 0.5) is 4.39 Å². The molecule has 1 aromatic heterocycles. The average Bonchev–Trinajstić information content (AvgIpc) is 3.04. The number of ether oxygens (including phenoxy) is 1. The highest BCUT2D eigenvalue weighted by Crippen LogP contribution is 2.32. The topological polar surface area (TPSA) is 75.2 Å². The van der Waals surface area contributed by atoms with Gasteiger partial charge < -0.3 is 9.84 Å². The lowest BCUT2D eigenvalue weighted by Crippen LogP contribution is -1.98. The molecule has 0 bridgehead atoms. The van der Waals surface area contributed by atoms with E-state index in [-0.39, 0.29) is 5.56 Å². The maximum absolute atomic E-state index is 13.3. The smallest absolute Gasteiger partial charge is 0.336 e. The SMILES string of the molecule is COc1cc(F)ccc1-c1cc(-c2ccccc2C(=O)O)n[nH]1. The molecule has 0 atom stereocenters. The Bertz CT molecular complexity index is 874. The highest BCUT2D eigenvalue weighted by atomic mass is 19.1. The van der Waals surface area contributed by atoms with Gasteiger partial charge in [0.05, 0.1) is 24.1 Å². The number of carboxylic acid groups (broad SMARTS) is 1. The Kier molecular flexibility index (Phi) is 3.80. The zero-order valence-corrected chi connectivity index (χ0v) is 12.2. The molecule has 0 unspecified atom stereocenters. The molecule has 0 amide bonds. The van der Waals surface area contributed by atoms with Crippen LogP contribution >= 0.6 is 0 Å². The first-order chi connectivity index (χ1) is 11.1. The van der Waals surface area contributed by atoms with Gasteiger partial charge in [-0.25, -0.2) is 9.18 Å². The number of rotatable bonds is 4. The number of aromatic amines is 1. The van der Waals surface area contributed by atoms with Gasteiger partial charge in [-0.2, -0.15) is 5.10 Å². The van der Waals surface area contributed by atoms with Crippen molar-refractivity contribution in [3.05, 3.63) is 59.9 Å². The van der Waals surface area contributed by atoms with Crippen LogP contribution in [0, 0.1) is 5.82 Å². The minimum absolute atomic E-state index is 0.164. The summed E-state index contributed by atoms with van der Waals surface area (Å²) in [5.41, 5.74) is 2.40. The van der Waals surface area contributed by atoms with Gasteiger partial charge in [0.25, 0.3) is 0 Å². The molecule has 0 spiro atoms. The van der Waals surface area contributed by atoms with Crippen LogP contribution in [0.2, 0.25) is 0 Å². The highest BCUT2D eigenvalue weighted by Gasteiger charge is 2.15. The van der Waals surface area contributed by atoms with Crippen molar-refractivity contribution in [3.8, 4) is 28.3 Å². The fourth-order valence-electron chi connectivity index (χ4n) is 2.38. The summed E-state index contributed by atoms with van der Waals surface area (Å²) in [6, 6.07) is 12.5. The van der Waals surface area contributed by atoms with Crippen molar-refractivity contribution < 1.29 is 19.0 Å². The molecule has 0 saturated carbocycles. The van der Waals surface area contributed by atoms with Gasteiger partial charge in [0, 0.05) is 17.2 Å². The number of nitrogens with zero attached hydrogens (tertiary/aromatic N) is 1. The van der Waals surface area contributed by atoms with Crippen LogP contribution < -0.4 is 4.74 Å². The molecule has 0 saturated heterocycles. The van der Waals surface area contributed by atoms with Crippen molar-refractivity contribution in [2.75, 3.05) is 7.11 Å². The number of methoxy groups -OCH3 is 1. The maximum atomic E-state index is 13.3. The second-order valence-corrected chi connectivity index (χ2v) is 4.86. The fourth-order valence-corrected chi connectivity index (χ4v) is 2.38. The zero-order chi connectivity index (χ0) is 16.4. The molecule has 2 aromatic carbocycles. The maximum Gasteiger partial charge on any atom is 0.336 e. The number of carboxylic acids is 1. The summed E-state index contributed by atoms with van der Waals surface area (Å²) in [7, 11) is 1.45. The van der Waals surface area contributed by atoms with E-state index in [1.54, 1.807) is 30.3 Å². The lowest BCUT2D eigenvalue weighted by molar-refractivity contribution is 0.0697. The summed E-state index contributed by atoms with van der Waals surface area (Å²) >= 11 is 0. The second-order valence-electron chi connectivity index (χ2n) is 4.86. The van der Waals surface area contributed by atoms with E-state index in [0.29, 0.717) is 28.3 Å².